The molecule has 2 atom stereocenters. The predicted octanol–water partition coefficient (Wildman–Crippen LogP) is 3.17. The Morgan fingerprint density at radius 2 is 2.20 bits per heavy atom. The van der Waals surface area contributed by atoms with Crippen LogP contribution in [-0.4, -0.2) is 11.5 Å². The van der Waals surface area contributed by atoms with Gasteiger partial charge in [0.05, 0.1) is 0 Å². The summed E-state index contributed by atoms with van der Waals surface area (Å²) in [6, 6.07) is 4.51. The van der Waals surface area contributed by atoms with Crippen LogP contribution < -0.4 is 5.32 Å². The summed E-state index contributed by atoms with van der Waals surface area (Å²) < 4.78 is 0. The third-order valence-electron chi connectivity index (χ3n) is 2.74. The summed E-state index contributed by atoms with van der Waals surface area (Å²) in [6.07, 6.45) is 6.31. The normalized spacial score (nSPS) is 14.9. The summed E-state index contributed by atoms with van der Waals surface area (Å²) in [5.74, 6) is 0.758. The molecule has 0 saturated carbocycles. The van der Waals surface area contributed by atoms with Crippen molar-refractivity contribution < 1.29 is 0 Å². The Labute approximate surface area is 93.1 Å². The molecule has 1 N–H and O–H groups in total. The minimum Gasteiger partial charge on any atom is -0.310 e. The topological polar surface area (TPSA) is 24.9 Å². The number of hydrogen-bond donors (Lipinski definition) is 1. The van der Waals surface area contributed by atoms with Crippen LogP contribution in [0, 0.1) is 5.92 Å². The number of nitrogens with one attached hydrogen (secondary N) is 1. The second-order valence-electron chi connectivity index (χ2n) is 4.31. The van der Waals surface area contributed by atoms with Crippen molar-refractivity contribution >= 4 is 0 Å². The van der Waals surface area contributed by atoms with Gasteiger partial charge < -0.3 is 5.32 Å². The Morgan fingerprint density at radius 1 is 1.40 bits per heavy atom. The van der Waals surface area contributed by atoms with Crippen LogP contribution in [0.4, 0.5) is 0 Å². The highest BCUT2D eigenvalue weighted by Gasteiger charge is 2.06. The second-order valence-corrected chi connectivity index (χ2v) is 4.31. The van der Waals surface area contributed by atoms with E-state index >= 15 is 0 Å². The molecule has 0 radical (unpaired) electrons. The first kappa shape index (κ1) is 12.2. The molecule has 0 saturated heterocycles. The van der Waals surface area contributed by atoms with Gasteiger partial charge in [-0.25, -0.2) is 0 Å². The number of nitrogens with zero attached hydrogens (tertiary/aromatic N) is 1. The first-order valence-electron chi connectivity index (χ1n) is 5.87. The number of hydrogen-bond acceptors (Lipinski definition) is 2. The maximum Gasteiger partial charge on any atom is 0.0315 e. The van der Waals surface area contributed by atoms with E-state index in [4.69, 9.17) is 0 Å². The van der Waals surface area contributed by atoms with Crippen LogP contribution >= 0.6 is 0 Å². The van der Waals surface area contributed by atoms with Crippen molar-refractivity contribution in [3.63, 3.8) is 0 Å². The Hall–Kier alpha value is -0.890. The Morgan fingerprint density at radius 3 is 2.80 bits per heavy atom. The second kappa shape index (κ2) is 6.57. The molecule has 0 unspecified atom stereocenters. The lowest BCUT2D eigenvalue weighted by molar-refractivity contribution is 0.443. The summed E-state index contributed by atoms with van der Waals surface area (Å²) >= 11 is 0. The lowest BCUT2D eigenvalue weighted by atomic mass is 10.1. The van der Waals surface area contributed by atoms with Crippen molar-refractivity contribution in [3.8, 4) is 0 Å². The molecule has 0 aliphatic heterocycles. The fourth-order valence-corrected chi connectivity index (χ4v) is 1.72. The fourth-order valence-electron chi connectivity index (χ4n) is 1.72. The number of aromatic nitrogens is 1. The molecule has 15 heavy (non-hydrogen) atoms. The minimum atomic E-state index is 0.401. The molecule has 1 rings (SSSR count). The molecule has 1 heterocycles. The quantitative estimate of drug-likeness (QED) is 0.773. The Bertz CT molecular complexity index is 258. The SMILES string of the molecule is CCC[C@H](C)CN[C@@H](C)c1cccnc1. The van der Waals surface area contributed by atoms with Gasteiger partial charge in [0.2, 0.25) is 0 Å². The van der Waals surface area contributed by atoms with Crippen LogP contribution in [0.5, 0.6) is 0 Å². The van der Waals surface area contributed by atoms with Gasteiger partial charge in [-0.3, -0.25) is 4.98 Å². The molecule has 0 bridgehead atoms. The van der Waals surface area contributed by atoms with E-state index in [1.807, 2.05) is 18.5 Å². The largest absolute Gasteiger partial charge is 0.310 e. The lowest BCUT2D eigenvalue weighted by Crippen LogP contribution is -2.24. The molecule has 0 fully saturated rings. The molecule has 2 nitrogen and oxygen atoms in total. The van der Waals surface area contributed by atoms with Crippen LogP contribution in [0.2, 0.25) is 0 Å². The third kappa shape index (κ3) is 4.43. The highest BCUT2D eigenvalue weighted by atomic mass is 14.9. The molecule has 0 amide bonds. The molecule has 1 aromatic rings. The van der Waals surface area contributed by atoms with E-state index in [9.17, 15) is 0 Å². The summed E-state index contributed by atoms with van der Waals surface area (Å²) in [4.78, 5) is 4.13. The highest BCUT2D eigenvalue weighted by Crippen LogP contribution is 2.11. The zero-order chi connectivity index (χ0) is 11.1. The Balaban J connectivity index is 2.33. The van der Waals surface area contributed by atoms with Gasteiger partial charge in [0.25, 0.3) is 0 Å². The maximum atomic E-state index is 4.13. The smallest absolute Gasteiger partial charge is 0.0315 e. The van der Waals surface area contributed by atoms with Gasteiger partial charge in [-0.1, -0.05) is 26.3 Å². The van der Waals surface area contributed by atoms with Crippen LogP contribution in [0.25, 0.3) is 0 Å². The van der Waals surface area contributed by atoms with Crippen molar-refractivity contribution in [3.05, 3.63) is 30.1 Å². The van der Waals surface area contributed by atoms with Gasteiger partial charge >= 0.3 is 0 Å². The van der Waals surface area contributed by atoms with Crippen LogP contribution in [-0.2, 0) is 0 Å². The van der Waals surface area contributed by atoms with Crippen molar-refractivity contribution in [1.82, 2.24) is 10.3 Å². The molecule has 0 aliphatic carbocycles. The van der Waals surface area contributed by atoms with E-state index in [2.05, 4.69) is 37.1 Å². The van der Waals surface area contributed by atoms with Gasteiger partial charge in [-0.2, -0.15) is 0 Å². The molecule has 1 aromatic heterocycles. The monoisotopic (exact) mass is 206 g/mol. The van der Waals surface area contributed by atoms with Crippen molar-refractivity contribution in [2.75, 3.05) is 6.54 Å². The predicted molar refractivity (Wildman–Crippen MR) is 64.7 cm³/mol. The van der Waals surface area contributed by atoms with Crippen LogP contribution in [0.1, 0.15) is 45.2 Å². The van der Waals surface area contributed by atoms with E-state index in [-0.39, 0.29) is 0 Å². The average Bonchev–Trinajstić information content (AvgIpc) is 2.27. The summed E-state index contributed by atoms with van der Waals surface area (Å²) in [7, 11) is 0. The van der Waals surface area contributed by atoms with Crippen molar-refractivity contribution in [2.45, 2.75) is 39.7 Å². The Kier molecular flexibility index (Phi) is 5.33. The van der Waals surface area contributed by atoms with Crippen molar-refractivity contribution in [1.29, 1.82) is 0 Å². The average molecular weight is 206 g/mol. The van der Waals surface area contributed by atoms with Crippen LogP contribution in [0.15, 0.2) is 24.5 Å². The minimum absolute atomic E-state index is 0.401. The third-order valence-corrected chi connectivity index (χ3v) is 2.74. The van der Waals surface area contributed by atoms with Gasteiger partial charge in [0.1, 0.15) is 0 Å². The van der Waals surface area contributed by atoms with E-state index in [0.717, 1.165) is 12.5 Å². The lowest BCUT2D eigenvalue weighted by Gasteiger charge is -2.17. The number of pyridine rings is 1. The standard InChI is InChI=1S/C13H22N2/c1-4-6-11(2)9-15-12(3)13-7-5-8-14-10-13/h5,7-8,10-12,15H,4,6,9H2,1-3H3/t11-,12-/m0/s1. The van der Waals surface area contributed by atoms with E-state index in [1.165, 1.54) is 18.4 Å². The van der Waals surface area contributed by atoms with E-state index in [0.29, 0.717) is 6.04 Å². The zero-order valence-electron chi connectivity index (χ0n) is 10.0. The van der Waals surface area contributed by atoms with Crippen molar-refractivity contribution in [2.24, 2.45) is 5.92 Å². The van der Waals surface area contributed by atoms with Gasteiger partial charge in [-0.15, -0.1) is 0 Å². The molecule has 84 valence electrons. The van der Waals surface area contributed by atoms with Gasteiger partial charge in [-0.05, 0) is 37.4 Å². The maximum absolute atomic E-state index is 4.13. The molecule has 0 aromatic carbocycles. The van der Waals surface area contributed by atoms with E-state index < -0.39 is 0 Å². The molecular weight excluding hydrogens is 184 g/mol. The van der Waals surface area contributed by atoms with Gasteiger partial charge in [0.15, 0.2) is 0 Å². The molecule has 0 spiro atoms. The zero-order valence-corrected chi connectivity index (χ0v) is 10.0. The molecular formula is C13H22N2. The summed E-state index contributed by atoms with van der Waals surface area (Å²) in [5, 5.41) is 3.54. The first-order valence-corrected chi connectivity index (χ1v) is 5.87. The van der Waals surface area contributed by atoms with Gasteiger partial charge in [0, 0.05) is 18.4 Å². The fraction of sp³-hybridized carbons (Fsp3) is 0.615. The number of rotatable bonds is 6. The highest BCUT2D eigenvalue weighted by molar-refractivity contribution is 5.12. The molecule has 0 aliphatic rings. The van der Waals surface area contributed by atoms with E-state index in [1.54, 1.807) is 0 Å². The summed E-state index contributed by atoms with van der Waals surface area (Å²) in [5.41, 5.74) is 1.26. The summed E-state index contributed by atoms with van der Waals surface area (Å²) in [6.45, 7) is 7.81. The van der Waals surface area contributed by atoms with Crippen LogP contribution in [0.3, 0.4) is 0 Å². The first-order chi connectivity index (χ1) is 7.24. The molecule has 2 heteroatoms.